The van der Waals surface area contributed by atoms with E-state index >= 15 is 0 Å². The number of hydrogen-bond acceptors (Lipinski definition) is 2. The number of rotatable bonds is 2. The van der Waals surface area contributed by atoms with E-state index in [1.54, 1.807) is 0 Å². The molecule has 0 aliphatic heterocycles. The summed E-state index contributed by atoms with van der Waals surface area (Å²) in [4.78, 5) is 4.22. The highest BCUT2D eigenvalue weighted by molar-refractivity contribution is 5.98. The number of nitrogens with zero attached hydrogens (tertiary/aromatic N) is 1. The number of hydrazine groups is 1. The van der Waals surface area contributed by atoms with Crippen LogP contribution in [-0.2, 0) is 0 Å². The average Bonchev–Trinajstić information content (AvgIpc) is 2.16. The van der Waals surface area contributed by atoms with Crippen LogP contribution in [0.4, 0.5) is 0 Å². The lowest BCUT2D eigenvalue weighted by Gasteiger charge is -2.05. The first-order valence-electron chi connectivity index (χ1n) is 4.36. The fourth-order valence-corrected chi connectivity index (χ4v) is 1.09. The van der Waals surface area contributed by atoms with E-state index in [-0.39, 0.29) is 0 Å². The molecular weight excluding hydrogens is 162 g/mol. The van der Waals surface area contributed by atoms with Gasteiger partial charge in [-0.15, -0.1) is 0 Å². The van der Waals surface area contributed by atoms with Gasteiger partial charge in [-0.3, -0.25) is 4.99 Å². The van der Waals surface area contributed by atoms with Gasteiger partial charge in [-0.25, -0.2) is 5.84 Å². The maximum Gasteiger partial charge on any atom is 0.142 e. The fraction of sp³-hybridized carbons (Fsp3) is 0.300. The number of hydrogen-bond donors (Lipinski definition) is 2. The molecule has 0 atom stereocenters. The van der Waals surface area contributed by atoms with Crippen molar-refractivity contribution in [1.29, 1.82) is 0 Å². The SMILES string of the molecule is CCN=C(NN)c1ccc(C)cc1. The van der Waals surface area contributed by atoms with E-state index in [1.807, 2.05) is 31.2 Å². The zero-order valence-electron chi connectivity index (χ0n) is 8.04. The topological polar surface area (TPSA) is 50.4 Å². The highest BCUT2D eigenvalue weighted by Gasteiger charge is 1.98. The van der Waals surface area contributed by atoms with E-state index in [1.165, 1.54) is 5.56 Å². The fourth-order valence-electron chi connectivity index (χ4n) is 1.09. The van der Waals surface area contributed by atoms with Gasteiger partial charge in [0.2, 0.25) is 0 Å². The van der Waals surface area contributed by atoms with Crippen LogP contribution < -0.4 is 11.3 Å². The van der Waals surface area contributed by atoms with Gasteiger partial charge in [-0.05, 0) is 13.8 Å². The molecule has 0 saturated heterocycles. The van der Waals surface area contributed by atoms with E-state index < -0.39 is 0 Å². The van der Waals surface area contributed by atoms with Gasteiger partial charge in [0.1, 0.15) is 5.84 Å². The van der Waals surface area contributed by atoms with E-state index in [2.05, 4.69) is 17.3 Å². The van der Waals surface area contributed by atoms with Gasteiger partial charge in [-0.1, -0.05) is 29.8 Å². The monoisotopic (exact) mass is 177 g/mol. The van der Waals surface area contributed by atoms with Crippen molar-refractivity contribution in [2.24, 2.45) is 10.8 Å². The Kier molecular flexibility index (Phi) is 3.46. The zero-order chi connectivity index (χ0) is 9.68. The first kappa shape index (κ1) is 9.74. The zero-order valence-corrected chi connectivity index (χ0v) is 8.04. The van der Waals surface area contributed by atoms with Crippen LogP contribution >= 0.6 is 0 Å². The largest absolute Gasteiger partial charge is 0.308 e. The number of aliphatic imine (C=N–C) groups is 1. The molecular formula is C10H15N3. The van der Waals surface area contributed by atoms with Gasteiger partial charge in [0.25, 0.3) is 0 Å². The van der Waals surface area contributed by atoms with Crippen LogP contribution in [-0.4, -0.2) is 12.4 Å². The Morgan fingerprint density at radius 1 is 1.38 bits per heavy atom. The highest BCUT2D eigenvalue weighted by atomic mass is 15.2. The molecule has 0 bridgehead atoms. The average molecular weight is 177 g/mol. The summed E-state index contributed by atoms with van der Waals surface area (Å²) in [5, 5.41) is 0. The Morgan fingerprint density at radius 3 is 2.46 bits per heavy atom. The normalized spacial score (nSPS) is 11.5. The van der Waals surface area contributed by atoms with E-state index in [0.717, 1.165) is 17.9 Å². The van der Waals surface area contributed by atoms with Crippen molar-refractivity contribution in [1.82, 2.24) is 5.43 Å². The summed E-state index contributed by atoms with van der Waals surface area (Å²) < 4.78 is 0. The van der Waals surface area contributed by atoms with Crippen molar-refractivity contribution in [3.63, 3.8) is 0 Å². The maximum atomic E-state index is 5.35. The Labute approximate surface area is 78.6 Å². The lowest BCUT2D eigenvalue weighted by Crippen LogP contribution is -2.31. The second-order valence-corrected chi connectivity index (χ2v) is 2.83. The molecule has 0 aliphatic rings. The van der Waals surface area contributed by atoms with Crippen LogP contribution in [0.25, 0.3) is 0 Å². The van der Waals surface area contributed by atoms with Gasteiger partial charge in [-0.2, -0.15) is 0 Å². The Bertz CT molecular complexity index is 288. The third-order valence-corrected chi connectivity index (χ3v) is 1.78. The lowest BCUT2D eigenvalue weighted by atomic mass is 10.1. The van der Waals surface area contributed by atoms with Crippen molar-refractivity contribution in [2.75, 3.05) is 6.54 Å². The van der Waals surface area contributed by atoms with E-state index in [9.17, 15) is 0 Å². The third kappa shape index (κ3) is 2.56. The summed E-state index contributed by atoms with van der Waals surface area (Å²) in [6.45, 7) is 4.76. The first-order chi connectivity index (χ1) is 6.27. The molecule has 1 rings (SSSR count). The summed E-state index contributed by atoms with van der Waals surface area (Å²) in [6.07, 6.45) is 0. The predicted octanol–water partition coefficient (Wildman–Crippen LogP) is 1.22. The second kappa shape index (κ2) is 4.62. The van der Waals surface area contributed by atoms with Crippen molar-refractivity contribution in [2.45, 2.75) is 13.8 Å². The molecule has 3 nitrogen and oxygen atoms in total. The Morgan fingerprint density at radius 2 is 2.00 bits per heavy atom. The molecule has 0 saturated carbocycles. The smallest absolute Gasteiger partial charge is 0.142 e. The quantitative estimate of drug-likeness (QED) is 0.309. The molecule has 1 aromatic carbocycles. The Hall–Kier alpha value is -1.35. The molecule has 0 fully saturated rings. The molecule has 70 valence electrons. The molecule has 0 radical (unpaired) electrons. The van der Waals surface area contributed by atoms with Gasteiger partial charge < -0.3 is 5.43 Å². The minimum absolute atomic E-state index is 0.730. The Balaban J connectivity index is 2.92. The first-order valence-corrected chi connectivity index (χ1v) is 4.36. The molecule has 13 heavy (non-hydrogen) atoms. The second-order valence-electron chi connectivity index (χ2n) is 2.83. The molecule has 0 unspecified atom stereocenters. The molecule has 3 heteroatoms. The summed E-state index contributed by atoms with van der Waals surface area (Å²) >= 11 is 0. The van der Waals surface area contributed by atoms with Crippen LogP contribution in [0, 0.1) is 6.92 Å². The number of nitrogens with two attached hydrogens (primary N) is 1. The van der Waals surface area contributed by atoms with Crippen molar-refractivity contribution < 1.29 is 0 Å². The van der Waals surface area contributed by atoms with E-state index in [4.69, 9.17) is 5.84 Å². The van der Waals surface area contributed by atoms with Crippen LogP contribution in [0.5, 0.6) is 0 Å². The highest BCUT2D eigenvalue weighted by Crippen LogP contribution is 2.03. The number of benzene rings is 1. The van der Waals surface area contributed by atoms with Gasteiger partial charge >= 0.3 is 0 Å². The molecule has 3 N–H and O–H groups in total. The lowest BCUT2D eigenvalue weighted by molar-refractivity contribution is 0.991. The van der Waals surface area contributed by atoms with Crippen LogP contribution in [0.2, 0.25) is 0 Å². The van der Waals surface area contributed by atoms with Crippen molar-refractivity contribution in [3.05, 3.63) is 35.4 Å². The summed E-state index contributed by atoms with van der Waals surface area (Å²) in [5.74, 6) is 6.09. The third-order valence-electron chi connectivity index (χ3n) is 1.78. The van der Waals surface area contributed by atoms with Crippen LogP contribution in [0.3, 0.4) is 0 Å². The number of amidine groups is 1. The molecule has 0 aliphatic carbocycles. The van der Waals surface area contributed by atoms with Crippen molar-refractivity contribution >= 4 is 5.84 Å². The van der Waals surface area contributed by atoms with Crippen LogP contribution in [0.15, 0.2) is 29.3 Å². The minimum atomic E-state index is 0.730. The van der Waals surface area contributed by atoms with Gasteiger partial charge in [0.15, 0.2) is 0 Å². The van der Waals surface area contributed by atoms with Crippen LogP contribution in [0.1, 0.15) is 18.1 Å². The maximum absolute atomic E-state index is 5.35. The summed E-state index contributed by atoms with van der Waals surface area (Å²) in [6, 6.07) is 8.09. The molecule has 0 amide bonds. The number of nitrogens with one attached hydrogen (secondary N) is 1. The molecule has 0 heterocycles. The van der Waals surface area contributed by atoms with Gasteiger partial charge in [0, 0.05) is 12.1 Å². The molecule has 1 aromatic rings. The number of aryl methyl sites for hydroxylation is 1. The minimum Gasteiger partial charge on any atom is -0.308 e. The summed E-state index contributed by atoms with van der Waals surface area (Å²) in [5.41, 5.74) is 4.84. The predicted molar refractivity (Wildman–Crippen MR) is 55.6 cm³/mol. The molecule has 0 spiro atoms. The summed E-state index contributed by atoms with van der Waals surface area (Å²) in [7, 11) is 0. The molecule has 0 aromatic heterocycles. The van der Waals surface area contributed by atoms with E-state index in [0.29, 0.717) is 0 Å². The standard InChI is InChI=1S/C10H15N3/c1-3-12-10(13-11)9-6-4-8(2)5-7-9/h4-7H,3,11H2,1-2H3,(H,12,13). The van der Waals surface area contributed by atoms with Crippen molar-refractivity contribution in [3.8, 4) is 0 Å². The van der Waals surface area contributed by atoms with Gasteiger partial charge in [0.05, 0.1) is 0 Å².